The highest BCUT2D eigenvalue weighted by atomic mass is 16.5. The standard InChI is InChI=1S/C25H20N4O3/c1-16-6-8-17(9-7-16)24-27-21(15-31-24)23-20-13-18(10-11-22(20)32-28-23)25(30)29(2)14-19-5-3-4-12-26-19/h3-13,15H,14H2,1-2H3. The van der Waals surface area contributed by atoms with Crippen LogP contribution in [-0.4, -0.2) is 33.0 Å². The number of nitrogens with zero attached hydrogens (tertiary/aromatic N) is 4. The first-order valence-electron chi connectivity index (χ1n) is 10.2. The summed E-state index contributed by atoms with van der Waals surface area (Å²) in [5.74, 6) is 0.378. The van der Waals surface area contributed by atoms with Crippen molar-refractivity contribution in [2.45, 2.75) is 13.5 Å². The van der Waals surface area contributed by atoms with Crippen molar-refractivity contribution >= 4 is 16.9 Å². The van der Waals surface area contributed by atoms with Gasteiger partial charge in [-0.3, -0.25) is 9.78 Å². The second-order valence-corrected chi connectivity index (χ2v) is 7.63. The molecule has 3 heterocycles. The molecule has 5 rings (SSSR count). The number of oxazole rings is 1. The molecule has 158 valence electrons. The molecule has 7 nitrogen and oxygen atoms in total. The van der Waals surface area contributed by atoms with E-state index in [0.29, 0.717) is 40.4 Å². The third-order valence-corrected chi connectivity index (χ3v) is 5.23. The van der Waals surface area contributed by atoms with E-state index in [1.165, 1.54) is 0 Å². The summed E-state index contributed by atoms with van der Waals surface area (Å²) in [7, 11) is 1.75. The van der Waals surface area contributed by atoms with Crippen LogP contribution in [0.1, 0.15) is 21.6 Å². The van der Waals surface area contributed by atoms with E-state index in [1.54, 1.807) is 42.6 Å². The monoisotopic (exact) mass is 424 g/mol. The van der Waals surface area contributed by atoms with E-state index in [4.69, 9.17) is 8.94 Å². The molecule has 7 heteroatoms. The Hall–Kier alpha value is -4.26. The lowest BCUT2D eigenvalue weighted by atomic mass is 10.1. The van der Waals surface area contributed by atoms with Crippen LogP contribution in [0.2, 0.25) is 0 Å². The van der Waals surface area contributed by atoms with Gasteiger partial charge in [0.25, 0.3) is 5.91 Å². The zero-order valence-corrected chi connectivity index (χ0v) is 17.6. The van der Waals surface area contributed by atoms with Crippen molar-refractivity contribution < 1.29 is 13.7 Å². The number of hydrogen-bond acceptors (Lipinski definition) is 6. The first kappa shape index (κ1) is 19.7. The molecule has 0 saturated heterocycles. The quantitative estimate of drug-likeness (QED) is 0.389. The molecule has 0 aliphatic rings. The van der Waals surface area contributed by atoms with Gasteiger partial charge in [-0.25, -0.2) is 4.98 Å². The van der Waals surface area contributed by atoms with Gasteiger partial charge >= 0.3 is 0 Å². The lowest BCUT2D eigenvalue weighted by Crippen LogP contribution is -2.26. The Morgan fingerprint density at radius 3 is 2.69 bits per heavy atom. The molecule has 5 aromatic rings. The van der Waals surface area contributed by atoms with Gasteiger partial charge in [-0.2, -0.15) is 0 Å². The average Bonchev–Trinajstić information content (AvgIpc) is 3.46. The van der Waals surface area contributed by atoms with Crippen LogP contribution in [0, 0.1) is 6.92 Å². The number of amides is 1. The highest BCUT2D eigenvalue weighted by molar-refractivity contribution is 6.00. The number of carbonyl (C=O) groups is 1. The Balaban J connectivity index is 1.44. The van der Waals surface area contributed by atoms with Crippen molar-refractivity contribution in [3.63, 3.8) is 0 Å². The van der Waals surface area contributed by atoms with Crippen LogP contribution in [0.25, 0.3) is 33.8 Å². The predicted octanol–water partition coefficient (Wildman–Crippen LogP) is 5.13. The Morgan fingerprint density at radius 1 is 1.06 bits per heavy atom. The maximum absolute atomic E-state index is 13.0. The van der Waals surface area contributed by atoms with Crippen molar-refractivity contribution in [1.29, 1.82) is 0 Å². The minimum absolute atomic E-state index is 0.120. The van der Waals surface area contributed by atoms with E-state index in [0.717, 1.165) is 16.8 Å². The van der Waals surface area contributed by atoms with Crippen LogP contribution in [-0.2, 0) is 6.54 Å². The highest BCUT2D eigenvalue weighted by Gasteiger charge is 2.19. The van der Waals surface area contributed by atoms with Crippen LogP contribution in [0.3, 0.4) is 0 Å². The largest absolute Gasteiger partial charge is 0.444 e. The Morgan fingerprint density at radius 2 is 1.91 bits per heavy atom. The Bertz CT molecular complexity index is 1390. The fourth-order valence-electron chi connectivity index (χ4n) is 3.49. The van der Waals surface area contributed by atoms with Gasteiger partial charge in [0.15, 0.2) is 5.58 Å². The van der Waals surface area contributed by atoms with Crippen LogP contribution in [0.15, 0.2) is 82.1 Å². The normalized spacial score (nSPS) is 11.1. The second kappa shape index (κ2) is 8.11. The number of hydrogen-bond donors (Lipinski definition) is 0. The fourth-order valence-corrected chi connectivity index (χ4v) is 3.49. The number of pyridine rings is 1. The summed E-state index contributed by atoms with van der Waals surface area (Å²) in [6, 6.07) is 18.8. The molecule has 32 heavy (non-hydrogen) atoms. The van der Waals surface area contributed by atoms with Crippen molar-refractivity contribution in [1.82, 2.24) is 20.0 Å². The number of rotatable bonds is 5. The molecule has 0 unspecified atom stereocenters. The molecule has 0 aliphatic carbocycles. The second-order valence-electron chi connectivity index (χ2n) is 7.63. The van der Waals surface area contributed by atoms with E-state index in [9.17, 15) is 4.79 Å². The lowest BCUT2D eigenvalue weighted by Gasteiger charge is -2.16. The smallest absolute Gasteiger partial charge is 0.253 e. The Labute approximate surface area is 184 Å². The molecule has 2 aromatic carbocycles. The molecule has 0 N–H and O–H groups in total. The zero-order chi connectivity index (χ0) is 22.1. The van der Waals surface area contributed by atoms with Crippen molar-refractivity contribution in [3.8, 4) is 22.8 Å². The molecular weight excluding hydrogens is 404 g/mol. The molecule has 0 bridgehead atoms. The minimum Gasteiger partial charge on any atom is -0.444 e. The molecular formula is C25H20N4O3. The Kier molecular flexibility index (Phi) is 4.99. The fraction of sp³-hybridized carbons (Fsp3) is 0.120. The maximum atomic E-state index is 13.0. The van der Waals surface area contributed by atoms with Crippen molar-refractivity contribution in [2.24, 2.45) is 0 Å². The van der Waals surface area contributed by atoms with E-state index in [2.05, 4.69) is 15.1 Å². The number of aromatic nitrogens is 3. The SMILES string of the molecule is Cc1ccc(-c2nc(-c3noc4ccc(C(=O)N(C)Cc5ccccn5)cc34)co2)cc1. The van der Waals surface area contributed by atoms with E-state index in [-0.39, 0.29) is 5.91 Å². The van der Waals surface area contributed by atoms with Crippen LogP contribution >= 0.6 is 0 Å². The van der Waals surface area contributed by atoms with E-state index >= 15 is 0 Å². The van der Waals surface area contributed by atoms with Crippen LogP contribution in [0.4, 0.5) is 0 Å². The summed E-state index contributed by atoms with van der Waals surface area (Å²) < 4.78 is 11.1. The van der Waals surface area contributed by atoms with Gasteiger partial charge in [0.05, 0.1) is 17.6 Å². The van der Waals surface area contributed by atoms with E-state index < -0.39 is 0 Å². The maximum Gasteiger partial charge on any atom is 0.253 e. The molecule has 0 saturated carbocycles. The predicted molar refractivity (Wildman–Crippen MR) is 120 cm³/mol. The molecule has 3 aromatic heterocycles. The highest BCUT2D eigenvalue weighted by Crippen LogP contribution is 2.30. The van der Waals surface area contributed by atoms with Gasteiger partial charge in [-0.15, -0.1) is 0 Å². The summed E-state index contributed by atoms with van der Waals surface area (Å²) in [5.41, 5.74) is 5.04. The van der Waals surface area contributed by atoms with Gasteiger partial charge < -0.3 is 13.8 Å². The van der Waals surface area contributed by atoms with Gasteiger partial charge in [0.2, 0.25) is 5.89 Å². The first-order chi connectivity index (χ1) is 15.6. The van der Waals surface area contributed by atoms with Crippen molar-refractivity contribution in [3.05, 3.63) is 89.9 Å². The third kappa shape index (κ3) is 3.76. The zero-order valence-electron chi connectivity index (χ0n) is 17.6. The third-order valence-electron chi connectivity index (χ3n) is 5.23. The van der Waals surface area contributed by atoms with Crippen LogP contribution < -0.4 is 0 Å². The molecule has 0 spiro atoms. The topological polar surface area (TPSA) is 85.3 Å². The summed E-state index contributed by atoms with van der Waals surface area (Å²) in [6.45, 7) is 2.44. The van der Waals surface area contributed by atoms with E-state index in [1.807, 2.05) is 49.4 Å². The van der Waals surface area contributed by atoms with Gasteiger partial charge in [0, 0.05) is 24.4 Å². The number of aryl methyl sites for hydroxylation is 1. The number of fused-ring (bicyclic) bond motifs is 1. The molecule has 0 atom stereocenters. The summed E-state index contributed by atoms with van der Waals surface area (Å²) in [5, 5.41) is 4.87. The average molecular weight is 424 g/mol. The molecule has 1 amide bonds. The molecule has 0 fully saturated rings. The minimum atomic E-state index is -0.120. The molecule has 0 radical (unpaired) electrons. The summed E-state index contributed by atoms with van der Waals surface area (Å²) in [4.78, 5) is 23.5. The van der Waals surface area contributed by atoms with Gasteiger partial charge in [-0.05, 0) is 49.4 Å². The number of benzene rings is 2. The van der Waals surface area contributed by atoms with Crippen molar-refractivity contribution in [2.75, 3.05) is 7.05 Å². The first-order valence-corrected chi connectivity index (χ1v) is 10.2. The molecule has 0 aliphatic heterocycles. The summed E-state index contributed by atoms with van der Waals surface area (Å²) in [6.07, 6.45) is 3.26. The number of carbonyl (C=O) groups excluding carboxylic acids is 1. The van der Waals surface area contributed by atoms with Gasteiger partial charge in [0.1, 0.15) is 17.7 Å². The lowest BCUT2D eigenvalue weighted by molar-refractivity contribution is 0.0783. The summed E-state index contributed by atoms with van der Waals surface area (Å²) >= 11 is 0. The van der Waals surface area contributed by atoms with Crippen LogP contribution in [0.5, 0.6) is 0 Å². The van der Waals surface area contributed by atoms with Gasteiger partial charge in [-0.1, -0.05) is 28.9 Å².